The molecule has 2 rings (SSSR count). The summed E-state index contributed by atoms with van der Waals surface area (Å²) in [6.45, 7) is 1.71. The lowest BCUT2D eigenvalue weighted by Crippen LogP contribution is -2.18. The Kier molecular flexibility index (Phi) is 3.27. The average Bonchev–Trinajstić information content (AvgIpc) is 2.73. The molecular formula is C11H9F3N4S. The van der Waals surface area contributed by atoms with Crippen LogP contribution in [-0.2, 0) is 6.18 Å². The molecule has 0 fully saturated rings. The molecule has 0 spiro atoms. The highest BCUT2D eigenvalue weighted by Crippen LogP contribution is 2.29. The molecule has 0 saturated heterocycles. The van der Waals surface area contributed by atoms with Gasteiger partial charge < -0.3 is 5.73 Å². The molecule has 0 aliphatic carbocycles. The third-order valence-electron chi connectivity index (χ3n) is 2.37. The van der Waals surface area contributed by atoms with Gasteiger partial charge in [0.05, 0.1) is 11.3 Å². The van der Waals surface area contributed by atoms with Crippen molar-refractivity contribution in [1.29, 1.82) is 0 Å². The molecular weight excluding hydrogens is 277 g/mol. The van der Waals surface area contributed by atoms with E-state index in [1.807, 2.05) is 0 Å². The monoisotopic (exact) mass is 286 g/mol. The van der Waals surface area contributed by atoms with E-state index in [9.17, 15) is 13.2 Å². The zero-order valence-electron chi connectivity index (χ0n) is 9.77. The van der Waals surface area contributed by atoms with Gasteiger partial charge in [-0.25, -0.2) is 9.67 Å². The van der Waals surface area contributed by atoms with Gasteiger partial charge >= 0.3 is 6.18 Å². The van der Waals surface area contributed by atoms with Gasteiger partial charge in [0.25, 0.3) is 0 Å². The van der Waals surface area contributed by atoms with Crippen molar-refractivity contribution in [3.8, 4) is 5.82 Å². The standard InChI is InChI=1S/C11H9F3N4S/c1-6-4-5-18(17-6)10-7(9(15)19)2-3-8(16-10)11(12,13)14/h2-5H,1H3,(H2,15,19). The minimum Gasteiger partial charge on any atom is -0.389 e. The number of aromatic nitrogens is 3. The number of rotatable bonds is 2. The molecule has 2 aromatic rings. The molecule has 4 nitrogen and oxygen atoms in total. The fraction of sp³-hybridized carbons (Fsp3) is 0.182. The van der Waals surface area contributed by atoms with Gasteiger partial charge in [-0.05, 0) is 25.1 Å². The zero-order chi connectivity index (χ0) is 14.2. The summed E-state index contributed by atoms with van der Waals surface area (Å²) in [5, 5.41) is 4.02. The topological polar surface area (TPSA) is 56.7 Å². The number of hydrogen-bond donors (Lipinski definition) is 1. The Morgan fingerprint density at radius 2 is 2.00 bits per heavy atom. The second-order valence-electron chi connectivity index (χ2n) is 3.83. The summed E-state index contributed by atoms with van der Waals surface area (Å²) in [4.78, 5) is 3.52. The third kappa shape index (κ3) is 2.73. The molecule has 100 valence electrons. The first-order valence-electron chi connectivity index (χ1n) is 5.20. The van der Waals surface area contributed by atoms with Crippen molar-refractivity contribution in [2.24, 2.45) is 5.73 Å². The van der Waals surface area contributed by atoms with Crippen LogP contribution in [-0.4, -0.2) is 19.8 Å². The molecule has 19 heavy (non-hydrogen) atoms. The number of halogens is 3. The van der Waals surface area contributed by atoms with E-state index >= 15 is 0 Å². The molecule has 2 heterocycles. The normalized spacial score (nSPS) is 11.6. The molecule has 0 unspecified atom stereocenters. The predicted octanol–water partition coefficient (Wildman–Crippen LogP) is 2.23. The summed E-state index contributed by atoms with van der Waals surface area (Å²) < 4.78 is 39.2. The average molecular weight is 286 g/mol. The van der Waals surface area contributed by atoms with Crippen LogP contribution in [0.4, 0.5) is 13.2 Å². The first-order valence-corrected chi connectivity index (χ1v) is 5.60. The highest BCUT2D eigenvalue weighted by atomic mass is 32.1. The van der Waals surface area contributed by atoms with Gasteiger partial charge in [0.1, 0.15) is 10.7 Å². The number of thiocarbonyl (C=S) groups is 1. The molecule has 0 aliphatic rings. The van der Waals surface area contributed by atoms with Gasteiger partial charge in [0, 0.05) is 6.20 Å². The van der Waals surface area contributed by atoms with Crippen LogP contribution in [0.1, 0.15) is 17.0 Å². The fourth-order valence-electron chi connectivity index (χ4n) is 1.51. The summed E-state index contributed by atoms with van der Waals surface area (Å²) in [7, 11) is 0. The number of alkyl halides is 3. The van der Waals surface area contributed by atoms with Gasteiger partial charge in [0.2, 0.25) is 0 Å². The molecule has 0 aliphatic heterocycles. The van der Waals surface area contributed by atoms with Crippen LogP contribution in [0.2, 0.25) is 0 Å². The van der Waals surface area contributed by atoms with Crippen LogP contribution in [0.15, 0.2) is 24.4 Å². The predicted molar refractivity (Wildman–Crippen MR) is 67.0 cm³/mol. The molecule has 0 saturated carbocycles. The SMILES string of the molecule is Cc1ccn(-c2nc(C(F)(F)F)ccc2C(N)=S)n1. The van der Waals surface area contributed by atoms with E-state index in [0.29, 0.717) is 5.69 Å². The van der Waals surface area contributed by atoms with Crippen LogP contribution in [0.3, 0.4) is 0 Å². The molecule has 0 atom stereocenters. The summed E-state index contributed by atoms with van der Waals surface area (Å²) in [5.74, 6) is -0.0320. The number of nitrogens with zero attached hydrogens (tertiary/aromatic N) is 3. The summed E-state index contributed by atoms with van der Waals surface area (Å²) in [6.07, 6.45) is -3.04. The zero-order valence-corrected chi connectivity index (χ0v) is 10.6. The van der Waals surface area contributed by atoms with E-state index in [4.69, 9.17) is 18.0 Å². The highest BCUT2D eigenvalue weighted by Gasteiger charge is 2.33. The largest absolute Gasteiger partial charge is 0.433 e. The Balaban J connectivity index is 2.64. The first kappa shape index (κ1) is 13.5. The van der Waals surface area contributed by atoms with Crippen molar-refractivity contribution in [2.75, 3.05) is 0 Å². The van der Waals surface area contributed by atoms with Crippen LogP contribution >= 0.6 is 12.2 Å². The smallest absolute Gasteiger partial charge is 0.389 e. The Labute approximate surface area is 112 Å². The second-order valence-corrected chi connectivity index (χ2v) is 4.27. The molecule has 8 heteroatoms. The van der Waals surface area contributed by atoms with Crippen LogP contribution in [0, 0.1) is 6.92 Å². The van der Waals surface area contributed by atoms with Crippen molar-refractivity contribution in [1.82, 2.24) is 14.8 Å². The fourth-order valence-corrected chi connectivity index (χ4v) is 1.67. The Hall–Kier alpha value is -1.96. The van der Waals surface area contributed by atoms with E-state index < -0.39 is 11.9 Å². The van der Waals surface area contributed by atoms with E-state index in [1.165, 1.54) is 16.9 Å². The number of nitrogens with two attached hydrogens (primary N) is 1. The van der Waals surface area contributed by atoms with E-state index in [1.54, 1.807) is 13.0 Å². The maximum absolute atomic E-state index is 12.7. The van der Waals surface area contributed by atoms with Gasteiger partial charge in [-0.3, -0.25) is 0 Å². The van der Waals surface area contributed by atoms with Gasteiger partial charge in [0.15, 0.2) is 5.82 Å². The number of pyridine rings is 1. The second kappa shape index (κ2) is 4.61. The molecule has 2 N–H and O–H groups in total. The van der Waals surface area contributed by atoms with Crippen LogP contribution in [0.5, 0.6) is 0 Å². The third-order valence-corrected chi connectivity index (χ3v) is 2.59. The highest BCUT2D eigenvalue weighted by molar-refractivity contribution is 7.80. The Morgan fingerprint density at radius 1 is 1.32 bits per heavy atom. The summed E-state index contributed by atoms with van der Waals surface area (Å²) in [5.41, 5.74) is 5.36. The Morgan fingerprint density at radius 3 is 2.47 bits per heavy atom. The summed E-state index contributed by atoms with van der Waals surface area (Å²) >= 11 is 4.81. The number of aryl methyl sites for hydroxylation is 1. The van der Waals surface area contributed by atoms with E-state index in [0.717, 1.165) is 6.07 Å². The molecule has 0 aromatic carbocycles. The van der Waals surface area contributed by atoms with Gasteiger partial charge in [-0.15, -0.1) is 0 Å². The maximum Gasteiger partial charge on any atom is 0.433 e. The number of hydrogen-bond acceptors (Lipinski definition) is 3. The van der Waals surface area contributed by atoms with Crippen LogP contribution in [0.25, 0.3) is 5.82 Å². The molecule has 0 amide bonds. The minimum atomic E-state index is -4.54. The minimum absolute atomic E-state index is 0.0320. The van der Waals surface area contributed by atoms with Crippen molar-refractivity contribution in [3.63, 3.8) is 0 Å². The van der Waals surface area contributed by atoms with Crippen molar-refractivity contribution in [2.45, 2.75) is 13.1 Å². The Bertz CT molecular complexity index is 633. The van der Waals surface area contributed by atoms with E-state index in [-0.39, 0.29) is 16.4 Å². The van der Waals surface area contributed by atoms with E-state index in [2.05, 4.69) is 10.1 Å². The first-order chi connectivity index (χ1) is 8.79. The lowest BCUT2D eigenvalue weighted by atomic mass is 10.2. The quantitative estimate of drug-likeness (QED) is 0.860. The molecule has 0 bridgehead atoms. The van der Waals surface area contributed by atoms with Crippen molar-refractivity contribution < 1.29 is 13.2 Å². The van der Waals surface area contributed by atoms with Crippen LogP contribution < -0.4 is 5.73 Å². The lowest BCUT2D eigenvalue weighted by Gasteiger charge is -2.11. The van der Waals surface area contributed by atoms with Crippen molar-refractivity contribution in [3.05, 3.63) is 41.3 Å². The maximum atomic E-state index is 12.7. The van der Waals surface area contributed by atoms with Gasteiger partial charge in [-0.2, -0.15) is 18.3 Å². The lowest BCUT2D eigenvalue weighted by molar-refractivity contribution is -0.141. The molecule has 2 aromatic heterocycles. The van der Waals surface area contributed by atoms with Crippen molar-refractivity contribution >= 4 is 17.2 Å². The molecule has 0 radical (unpaired) electrons. The summed E-state index contributed by atoms with van der Waals surface area (Å²) in [6, 6.07) is 3.68. The van der Waals surface area contributed by atoms with Gasteiger partial charge in [-0.1, -0.05) is 12.2 Å².